The fraction of sp³-hybridized carbons (Fsp3) is 0.0667. The van der Waals surface area contributed by atoms with Crippen molar-refractivity contribution in [2.45, 2.75) is 11.1 Å². The third-order valence-corrected chi connectivity index (χ3v) is 4.92. The van der Waals surface area contributed by atoms with Crippen LogP contribution >= 0.6 is 0 Å². The first-order valence-electron chi connectivity index (χ1n) is 7.50. The average Bonchev–Trinajstić information content (AvgIpc) is 3.29. The Morgan fingerprint density at radius 1 is 1.18 bits per heavy atom. The molecule has 0 amide bonds. The normalized spacial score (nSPS) is 12.6. The van der Waals surface area contributed by atoms with Crippen LogP contribution in [0.1, 0.15) is 5.56 Å². The number of benzene rings is 1. The second-order valence-corrected chi connectivity index (χ2v) is 7.17. The SMILES string of the molecule is NS(=O)(=O)c1c(C(F)(F)F)ccc(-c2cnc3ccoc3c2)c1-c1nn[nH]n1. The number of pyridine rings is 1. The molecular weight excluding hydrogens is 401 g/mol. The molecule has 13 heteroatoms. The number of fused-ring (bicyclic) bond motifs is 1. The molecule has 0 saturated heterocycles. The summed E-state index contributed by atoms with van der Waals surface area (Å²) in [4.78, 5) is 2.99. The van der Waals surface area contributed by atoms with Crippen LogP contribution in [0.3, 0.4) is 0 Å². The summed E-state index contributed by atoms with van der Waals surface area (Å²) >= 11 is 0. The Balaban J connectivity index is 2.12. The molecule has 3 aromatic heterocycles. The quantitative estimate of drug-likeness (QED) is 0.528. The van der Waals surface area contributed by atoms with Gasteiger partial charge in [0.15, 0.2) is 5.58 Å². The summed E-state index contributed by atoms with van der Waals surface area (Å²) in [6, 6.07) is 4.82. The summed E-state index contributed by atoms with van der Waals surface area (Å²) < 4.78 is 70.0. The lowest BCUT2D eigenvalue weighted by Gasteiger charge is -2.17. The number of primary sulfonamides is 1. The molecule has 0 aliphatic carbocycles. The maximum Gasteiger partial charge on any atom is 0.417 e. The van der Waals surface area contributed by atoms with Gasteiger partial charge in [-0.1, -0.05) is 6.07 Å². The number of hydrogen-bond donors (Lipinski definition) is 2. The summed E-state index contributed by atoms with van der Waals surface area (Å²) in [5.41, 5.74) is -0.675. The molecule has 0 radical (unpaired) electrons. The Hall–Kier alpha value is -3.32. The number of H-pyrrole nitrogens is 1. The van der Waals surface area contributed by atoms with Crippen LogP contribution in [0.4, 0.5) is 13.2 Å². The van der Waals surface area contributed by atoms with E-state index < -0.39 is 32.2 Å². The number of nitrogens with zero attached hydrogens (tertiary/aromatic N) is 4. The molecule has 0 saturated carbocycles. The molecule has 0 unspecified atom stereocenters. The average molecular weight is 410 g/mol. The number of nitrogens with one attached hydrogen (secondary N) is 1. The van der Waals surface area contributed by atoms with Crippen molar-refractivity contribution in [3.63, 3.8) is 0 Å². The number of tetrazole rings is 1. The van der Waals surface area contributed by atoms with Gasteiger partial charge < -0.3 is 4.42 Å². The molecule has 0 fully saturated rings. The minimum absolute atomic E-state index is 0.0595. The number of nitrogens with two attached hydrogens (primary N) is 1. The van der Waals surface area contributed by atoms with Crippen LogP contribution in [0.15, 0.2) is 46.0 Å². The van der Waals surface area contributed by atoms with Crippen molar-refractivity contribution in [1.82, 2.24) is 25.6 Å². The van der Waals surface area contributed by atoms with Crippen molar-refractivity contribution in [2.75, 3.05) is 0 Å². The first-order valence-corrected chi connectivity index (χ1v) is 9.05. The molecule has 144 valence electrons. The summed E-state index contributed by atoms with van der Waals surface area (Å²) in [5, 5.41) is 17.8. The van der Waals surface area contributed by atoms with Crippen LogP contribution in [0.2, 0.25) is 0 Å². The van der Waals surface area contributed by atoms with Crippen molar-refractivity contribution in [1.29, 1.82) is 0 Å². The van der Waals surface area contributed by atoms with Gasteiger partial charge in [0.2, 0.25) is 15.8 Å². The van der Waals surface area contributed by atoms with E-state index in [1.807, 2.05) is 0 Å². The van der Waals surface area contributed by atoms with Crippen molar-refractivity contribution < 1.29 is 26.0 Å². The van der Waals surface area contributed by atoms with Crippen LogP contribution in [-0.2, 0) is 16.2 Å². The molecule has 3 N–H and O–H groups in total. The second-order valence-electron chi connectivity index (χ2n) is 5.67. The number of halogens is 3. The third kappa shape index (κ3) is 2.99. The topological polar surface area (TPSA) is 141 Å². The Kier molecular flexibility index (Phi) is 3.94. The highest BCUT2D eigenvalue weighted by molar-refractivity contribution is 7.89. The molecule has 28 heavy (non-hydrogen) atoms. The van der Waals surface area contributed by atoms with E-state index in [1.165, 1.54) is 18.5 Å². The summed E-state index contributed by atoms with van der Waals surface area (Å²) in [7, 11) is -4.82. The van der Waals surface area contributed by atoms with Crippen LogP contribution in [0.25, 0.3) is 33.6 Å². The molecule has 0 aliphatic heterocycles. The minimum atomic E-state index is -4.98. The number of aromatic nitrogens is 5. The summed E-state index contributed by atoms with van der Waals surface area (Å²) in [6.45, 7) is 0. The van der Waals surface area contributed by atoms with Crippen molar-refractivity contribution in [3.05, 3.63) is 42.3 Å². The fourth-order valence-electron chi connectivity index (χ4n) is 2.83. The van der Waals surface area contributed by atoms with E-state index in [-0.39, 0.29) is 17.0 Å². The summed E-state index contributed by atoms with van der Waals surface area (Å²) in [5.74, 6) is -0.371. The van der Waals surface area contributed by atoms with E-state index in [0.717, 1.165) is 6.07 Å². The lowest BCUT2D eigenvalue weighted by atomic mass is 9.97. The highest BCUT2D eigenvalue weighted by Crippen LogP contribution is 2.43. The van der Waals surface area contributed by atoms with Crippen molar-refractivity contribution in [2.24, 2.45) is 5.14 Å². The number of alkyl halides is 3. The third-order valence-electron chi connectivity index (χ3n) is 3.93. The smallest absolute Gasteiger partial charge is 0.417 e. The van der Waals surface area contributed by atoms with Gasteiger partial charge in [0.05, 0.1) is 17.4 Å². The van der Waals surface area contributed by atoms with Gasteiger partial charge in [0, 0.05) is 17.8 Å². The minimum Gasteiger partial charge on any atom is -0.463 e. The maximum absolute atomic E-state index is 13.5. The van der Waals surface area contributed by atoms with Crippen LogP contribution in [0.5, 0.6) is 0 Å². The number of rotatable bonds is 3. The lowest BCUT2D eigenvalue weighted by molar-refractivity contribution is -0.139. The molecule has 0 spiro atoms. The first kappa shape index (κ1) is 18.1. The highest BCUT2D eigenvalue weighted by atomic mass is 32.2. The van der Waals surface area contributed by atoms with Crippen LogP contribution < -0.4 is 5.14 Å². The predicted molar refractivity (Wildman–Crippen MR) is 89.0 cm³/mol. The largest absolute Gasteiger partial charge is 0.463 e. The molecule has 0 bridgehead atoms. The van der Waals surface area contributed by atoms with Crippen molar-refractivity contribution >= 4 is 21.1 Å². The standard InChI is InChI=1S/C15H9F3N6O3S/c16-15(17,18)9-2-1-8(7-5-11-10(20-6-7)3-4-27-11)12(13(9)28(19,25)26)14-21-23-24-22-14/h1-6H,(H2,19,25,26)(H,21,22,23,24). The lowest BCUT2D eigenvalue weighted by Crippen LogP contribution is -2.21. The molecule has 4 rings (SSSR count). The van der Waals surface area contributed by atoms with Gasteiger partial charge in [-0.15, -0.1) is 10.2 Å². The zero-order valence-corrected chi connectivity index (χ0v) is 14.4. The maximum atomic E-state index is 13.5. The van der Waals surface area contributed by atoms with Gasteiger partial charge in [-0.2, -0.15) is 18.4 Å². The highest BCUT2D eigenvalue weighted by Gasteiger charge is 2.39. The zero-order chi connectivity index (χ0) is 20.1. The molecule has 0 atom stereocenters. The Bertz CT molecular complexity index is 1280. The number of aromatic amines is 1. The molecular formula is C15H9F3N6O3S. The molecule has 9 nitrogen and oxygen atoms in total. The number of hydrogen-bond acceptors (Lipinski definition) is 7. The number of sulfonamides is 1. The Labute approximate surface area is 154 Å². The van der Waals surface area contributed by atoms with E-state index in [1.54, 1.807) is 6.07 Å². The van der Waals surface area contributed by atoms with Gasteiger partial charge in [-0.3, -0.25) is 4.98 Å². The Morgan fingerprint density at radius 3 is 2.61 bits per heavy atom. The summed E-state index contributed by atoms with van der Waals surface area (Å²) in [6.07, 6.45) is -2.23. The van der Waals surface area contributed by atoms with Gasteiger partial charge in [-0.05, 0) is 22.9 Å². The molecule has 0 aliphatic rings. The Morgan fingerprint density at radius 2 is 1.96 bits per heavy atom. The molecule has 3 heterocycles. The van der Waals surface area contributed by atoms with Crippen molar-refractivity contribution in [3.8, 4) is 22.5 Å². The van der Waals surface area contributed by atoms with Gasteiger partial charge in [0.1, 0.15) is 10.4 Å². The van der Waals surface area contributed by atoms with Gasteiger partial charge in [-0.25, -0.2) is 13.6 Å². The van der Waals surface area contributed by atoms with Gasteiger partial charge >= 0.3 is 6.18 Å². The monoisotopic (exact) mass is 410 g/mol. The van der Waals surface area contributed by atoms with E-state index in [2.05, 4.69) is 25.6 Å². The number of furan rings is 1. The van der Waals surface area contributed by atoms with E-state index in [4.69, 9.17) is 9.56 Å². The van der Waals surface area contributed by atoms with Crippen LogP contribution in [0, 0.1) is 0 Å². The first-order chi connectivity index (χ1) is 13.2. The van der Waals surface area contributed by atoms with E-state index in [9.17, 15) is 21.6 Å². The van der Waals surface area contributed by atoms with Crippen LogP contribution in [-0.4, -0.2) is 34.0 Å². The zero-order valence-electron chi connectivity index (χ0n) is 13.6. The van der Waals surface area contributed by atoms with E-state index in [0.29, 0.717) is 17.2 Å². The second kappa shape index (κ2) is 6.10. The molecule has 1 aromatic carbocycles. The van der Waals surface area contributed by atoms with E-state index >= 15 is 0 Å². The predicted octanol–water partition coefficient (Wildman–Crippen LogP) is 2.34. The molecule has 4 aromatic rings. The fourth-order valence-corrected chi connectivity index (χ4v) is 3.80. The van der Waals surface area contributed by atoms with Gasteiger partial charge in [0.25, 0.3) is 0 Å².